The largest absolute Gasteiger partial charge is 0.481 e. The third kappa shape index (κ3) is 5.48. The Morgan fingerprint density at radius 3 is 2.24 bits per heavy atom. The second-order valence-corrected chi connectivity index (χ2v) is 11.6. The fourth-order valence-electron chi connectivity index (χ4n) is 6.89. The van der Waals surface area contributed by atoms with Gasteiger partial charge in [-0.05, 0) is 89.5 Å². The maximum Gasteiger partial charge on any atom is 0.311 e. The normalized spacial score (nSPS) is 29.1. The quantitative estimate of drug-likeness (QED) is 0.228. The lowest BCUT2D eigenvalue weighted by Gasteiger charge is -2.56. The van der Waals surface area contributed by atoms with Crippen molar-refractivity contribution in [3.8, 4) is 0 Å². The van der Waals surface area contributed by atoms with Crippen molar-refractivity contribution < 1.29 is 33.9 Å². The molecule has 0 radical (unpaired) electrons. The van der Waals surface area contributed by atoms with E-state index in [1.54, 1.807) is 19.9 Å². The molecule has 10 nitrogen and oxygen atoms in total. The lowest BCUT2D eigenvalue weighted by molar-refractivity contribution is -0.385. The Balaban J connectivity index is 1.62. The van der Waals surface area contributed by atoms with Crippen LogP contribution in [0.2, 0.25) is 0 Å². The first-order chi connectivity index (χ1) is 19.3. The van der Waals surface area contributed by atoms with Gasteiger partial charge in [-0.25, -0.2) is 4.39 Å². The average molecular weight is 570 g/mol. The van der Waals surface area contributed by atoms with Gasteiger partial charge in [-0.3, -0.25) is 24.5 Å². The molecule has 2 saturated heterocycles. The molecule has 0 saturated carbocycles. The third-order valence-electron chi connectivity index (χ3n) is 9.49. The number of rotatable bonds is 9. The van der Waals surface area contributed by atoms with Gasteiger partial charge in [0.25, 0.3) is 5.69 Å². The molecule has 2 aromatic carbocycles. The van der Waals surface area contributed by atoms with E-state index in [0.717, 1.165) is 0 Å². The molecule has 0 aliphatic carbocycles. The van der Waals surface area contributed by atoms with Crippen LogP contribution < -0.4 is 5.32 Å². The second-order valence-electron chi connectivity index (χ2n) is 11.6. The van der Waals surface area contributed by atoms with E-state index in [1.807, 2.05) is 0 Å². The summed E-state index contributed by atoms with van der Waals surface area (Å²) in [6.45, 7) is 6.36. The molecule has 2 fully saturated rings. The number of benzene rings is 2. The molecule has 0 spiro atoms. The fourth-order valence-corrected chi connectivity index (χ4v) is 6.89. The zero-order valence-corrected chi connectivity index (χ0v) is 23.4. The van der Waals surface area contributed by atoms with Crippen molar-refractivity contribution in [3.63, 3.8) is 0 Å². The van der Waals surface area contributed by atoms with E-state index < -0.39 is 51.5 Å². The standard InChI is InChI=1S/C30H36FN3O7/c1-18-29(3,27(36)37)26(22-5-4-6-24(17-22)34(40)41)30(28(38)39,19(2)32-18)13-16-33-14-11-21(12-15-33)25(35)20-7-9-23(31)10-8-20/h4-10,17-19,21,26,32H,11-16H2,1-3H3,(H,36,37)(H,38,39). The van der Waals surface area contributed by atoms with Gasteiger partial charge in [0, 0.05) is 41.6 Å². The van der Waals surface area contributed by atoms with Crippen LogP contribution in [0.25, 0.3) is 0 Å². The van der Waals surface area contributed by atoms with E-state index >= 15 is 0 Å². The zero-order chi connectivity index (χ0) is 30.1. The number of hydrogen-bond donors (Lipinski definition) is 3. The average Bonchev–Trinajstić information content (AvgIpc) is 2.94. The first-order valence-corrected chi connectivity index (χ1v) is 13.8. The lowest BCUT2D eigenvalue weighted by Crippen LogP contribution is -2.69. The van der Waals surface area contributed by atoms with E-state index in [2.05, 4.69) is 10.2 Å². The number of likely N-dealkylation sites (tertiary alicyclic amines) is 1. The number of carboxylic acids is 2. The summed E-state index contributed by atoms with van der Waals surface area (Å²) in [6.07, 6.45) is 1.21. The van der Waals surface area contributed by atoms with Crippen LogP contribution in [0, 0.1) is 32.7 Å². The van der Waals surface area contributed by atoms with Crippen molar-refractivity contribution >= 4 is 23.4 Å². The monoisotopic (exact) mass is 569 g/mol. The van der Waals surface area contributed by atoms with Crippen LogP contribution in [-0.2, 0) is 9.59 Å². The molecular formula is C30H36FN3O7. The van der Waals surface area contributed by atoms with Crippen LogP contribution in [0.4, 0.5) is 10.1 Å². The summed E-state index contributed by atoms with van der Waals surface area (Å²) in [4.78, 5) is 52.1. The SMILES string of the molecule is CC1NC(C)C(CCN2CCC(C(=O)c3ccc(F)cc3)CC2)(C(=O)O)C(c2cccc([N+](=O)[O-])c2)C1(C)C(=O)O. The number of piperidine rings is 2. The molecular weight excluding hydrogens is 533 g/mol. The summed E-state index contributed by atoms with van der Waals surface area (Å²) >= 11 is 0. The number of carbonyl (C=O) groups excluding carboxylic acids is 1. The summed E-state index contributed by atoms with van der Waals surface area (Å²) in [6, 6.07) is 9.84. The lowest BCUT2D eigenvalue weighted by atomic mass is 9.51. The highest BCUT2D eigenvalue weighted by Gasteiger charge is 2.65. The number of nitro groups is 1. The predicted octanol–water partition coefficient (Wildman–Crippen LogP) is 4.34. The zero-order valence-electron chi connectivity index (χ0n) is 23.4. The number of nitro benzene ring substituents is 1. The highest BCUT2D eigenvalue weighted by atomic mass is 19.1. The van der Waals surface area contributed by atoms with Gasteiger partial charge in [0.1, 0.15) is 5.82 Å². The highest BCUT2D eigenvalue weighted by molar-refractivity contribution is 5.97. The smallest absolute Gasteiger partial charge is 0.311 e. The Morgan fingerprint density at radius 2 is 1.68 bits per heavy atom. The van der Waals surface area contributed by atoms with Gasteiger partial charge in [-0.15, -0.1) is 0 Å². The molecule has 2 heterocycles. The highest BCUT2D eigenvalue weighted by Crippen LogP contribution is 2.57. The van der Waals surface area contributed by atoms with Gasteiger partial charge >= 0.3 is 11.9 Å². The van der Waals surface area contributed by atoms with Crippen molar-refractivity contribution in [2.45, 2.75) is 58.0 Å². The molecule has 41 heavy (non-hydrogen) atoms. The number of aliphatic carboxylic acids is 2. The minimum absolute atomic E-state index is 0.0475. The van der Waals surface area contributed by atoms with Gasteiger partial charge in [-0.2, -0.15) is 0 Å². The number of nitrogens with one attached hydrogen (secondary N) is 1. The molecule has 0 bridgehead atoms. The number of non-ortho nitro benzene ring substituents is 1. The number of halogens is 1. The molecule has 5 unspecified atom stereocenters. The minimum Gasteiger partial charge on any atom is -0.481 e. The van der Waals surface area contributed by atoms with Crippen LogP contribution in [0.3, 0.4) is 0 Å². The maximum absolute atomic E-state index is 13.3. The Kier molecular flexibility index (Phi) is 8.60. The van der Waals surface area contributed by atoms with E-state index in [0.29, 0.717) is 43.6 Å². The minimum atomic E-state index is -1.60. The Labute approximate surface area is 237 Å². The second kappa shape index (κ2) is 11.7. The van der Waals surface area contributed by atoms with Gasteiger partial charge in [0.2, 0.25) is 0 Å². The molecule has 3 N–H and O–H groups in total. The number of carboxylic acid groups (broad SMARTS) is 2. The first-order valence-electron chi connectivity index (χ1n) is 13.8. The molecule has 4 rings (SSSR count). The number of ketones is 1. The van der Waals surface area contributed by atoms with Gasteiger partial charge in [0.05, 0.1) is 15.8 Å². The van der Waals surface area contributed by atoms with Crippen molar-refractivity contribution in [2.75, 3.05) is 19.6 Å². The first kappa shape index (κ1) is 30.3. The molecule has 5 atom stereocenters. The molecule has 0 aromatic heterocycles. The van der Waals surface area contributed by atoms with E-state index in [4.69, 9.17) is 0 Å². The van der Waals surface area contributed by atoms with Gasteiger partial charge in [0.15, 0.2) is 5.78 Å². The summed E-state index contributed by atoms with van der Waals surface area (Å²) in [5.41, 5.74) is -2.67. The molecule has 2 aliphatic heterocycles. The number of nitrogens with zero attached hydrogens (tertiary/aromatic N) is 2. The number of carbonyl (C=O) groups is 3. The molecule has 220 valence electrons. The van der Waals surface area contributed by atoms with Crippen LogP contribution in [-0.4, -0.2) is 69.5 Å². The summed E-state index contributed by atoms with van der Waals surface area (Å²) in [5, 5.41) is 36.0. The van der Waals surface area contributed by atoms with E-state index in [9.17, 15) is 39.1 Å². The summed E-state index contributed by atoms with van der Waals surface area (Å²) in [7, 11) is 0. The van der Waals surface area contributed by atoms with Crippen molar-refractivity contribution in [1.29, 1.82) is 0 Å². The topological polar surface area (TPSA) is 150 Å². The van der Waals surface area contributed by atoms with E-state index in [-0.39, 0.29) is 23.8 Å². The predicted molar refractivity (Wildman–Crippen MR) is 148 cm³/mol. The Bertz CT molecular complexity index is 1330. The maximum atomic E-state index is 13.3. The Hall–Kier alpha value is -3.70. The van der Waals surface area contributed by atoms with Crippen molar-refractivity contribution in [2.24, 2.45) is 16.7 Å². The van der Waals surface area contributed by atoms with Crippen molar-refractivity contribution in [3.05, 3.63) is 75.6 Å². The molecule has 11 heteroatoms. The van der Waals surface area contributed by atoms with Gasteiger partial charge in [-0.1, -0.05) is 12.1 Å². The Morgan fingerprint density at radius 1 is 1.05 bits per heavy atom. The number of hydrogen-bond acceptors (Lipinski definition) is 7. The molecule has 2 aliphatic rings. The molecule has 2 aromatic rings. The van der Waals surface area contributed by atoms with Crippen LogP contribution >= 0.6 is 0 Å². The molecule has 0 amide bonds. The fraction of sp³-hybridized carbons (Fsp3) is 0.500. The van der Waals surface area contributed by atoms with E-state index in [1.165, 1.54) is 49.4 Å². The summed E-state index contributed by atoms with van der Waals surface area (Å²) in [5.74, 6) is -4.12. The number of Topliss-reactive ketones (excluding diaryl/α,β-unsaturated/α-hetero) is 1. The van der Waals surface area contributed by atoms with Gasteiger partial charge < -0.3 is 20.4 Å². The van der Waals surface area contributed by atoms with Crippen molar-refractivity contribution in [1.82, 2.24) is 10.2 Å². The van der Waals surface area contributed by atoms with Crippen LogP contribution in [0.1, 0.15) is 61.9 Å². The van der Waals surface area contributed by atoms with Crippen LogP contribution in [0.15, 0.2) is 48.5 Å². The summed E-state index contributed by atoms with van der Waals surface area (Å²) < 4.78 is 13.3. The third-order valence-corrected chi connectivity index (χ3v) is 9.49. The van der Waals surface area contributed by atoms with Crippen LogP contribution in [0.5, 0.6) is 0 Å².